The molecule has 3 fully saturated rings. The monoisotopic (exact) mass is 568 g/mol. The van der Waals surface area contributed by atoms with Crippen molar-refractivity contribution in [2.75, 3.05) is 26.3 Å². The quantitative estimate of drug-likeness (QED) is 0.422. The van der Waals surface area contributed by atoms with Crippen LogP contribution in [0.25, 0.3) is 0 Å². The van der Waals surface area contributed by atoms with Crippen LogP contribution in [0.5, 0.6) is 0 Å². The van der Waals surface area contributed by atoms with Crippen LogP contribution in [0.4, 0.5) is 13.2 Å². The average molecular weight is 569 g/mol. The number of carbonyl (C=O) groups excluding carboxylic acids is 1. The number of hydrogen-bond acceptors (Lipinski definition) is 6. The Balaban J connectivity index is 1.13. The molecule has 216 valence electrons. The van der Waals surface area contributed by atoms with Crippen molar-refractivity contribution < 1.29 is 27.4 Å². The van der Waals surface area contributed by atoms with Gasteiger partial charge in [-0.3, -0.25) is 9.48 Å². The Morgan fingerprint density at radius 2 is 1.62 bits per heavy atom. The molecule has 2 unspecified atom stereocenters. The summed E-state index contributed by atoms with van der Waals surface area (Å²) >= 11 is 1.62. The van der Waals surface area contributed by atoms with E-state index < -0.39 is 18.2 Å². The molecule has 11 heteroatoms. The third-order valence-electron chi connectivity index (χ3n) is 8.52. The predicted octanol–water partition coefficient (Wildman–Crippen LogP) is 6.49. The van der Waals surface area contributed by atoms with Crippen LogP contribution >= 0.6 is 11.3 Å². The van der Waals surface area contributed by atoms with Crippen molar-refractivity contribution in [2.45, 2.75) is 96.1 Å². The number of alkyl halides is 3. The van der Waals surface area contributed by atoms with Gasteiger partial charge in [-0.15, -0.1) is 11.3 Å². The molecule has 0 N–H and O–H groups in total. The zero-order valence-corrected chi connectivity index (χ0v) is 23.4. The van der Waals surface area contributed by atoms with Crippen molar-refractivity contribution in [1.82, 2.24) is 19.7 Å². The molecule has 1 amide bonds. The lowest BCUT2D eigenvalue weighted by Gasteiger charge is -2.31. The molecule has 7 nitrogen and oxygen atoms in total. The first-order valence-corrected chi connectivity index (χ1v) is 15.2. The summed E-state index contributed by atoms with van der Waals surface area (Å²) in [6.07, 6.45) is 6.87. The van der Waals surface area contributed by atoms with Crippen molar-refractivity contribution in [3.05, 3.63) is 33.5 Å². The second kappa shape index (κ2) is 12.7. The van der Waals surface area contributed by atoms with Gasteiger partial charge in [0.1, 0.15) is 12.2 Å². The first-order valence-electron chi connectivity index (χ1n) is 14.4. The Hall–Kier alpha value is -1.98. The maximum Gasteiger partial charge on any atom is 0.435 e. The van der Waals surface area contributed by atoms with Crippen LogP contribution in [0, 0.1) is 18.8 Å². The minimum atomic E-state index is -4.52. The van der Waals surface area contributed by atoms with Crippen LogP contribution in [0.2, 0.25) is 0 Å². The van der Waals surface area contributed by atoms with Gasteiger partial charge in [0, 0.05) is 30.1 Å². The SMILES string of the molecule is Cc1cc(C(F)(F)F)nn1CC(=O)N1CCC(c2nc(C3OCC4CCCCCCCCC4CO3)cs2)CC1. The zero-order chi connectivity index (χ0) is 27.4. The second-order valence-electron chi connectivity index (χ2n) is 11.3. The largest absolute Gasteiger partial charge is 0.435 e. The lowest BCUT2D eigenvalue weighted by atomic mass is 9.84. The van der Waals surface area contributed by atoms with E-state index in [1.54, 1.807) is 16.2 Å². The maximum atomic E-state index is 13.0. The first-order chi connectivity index (χ1) is 18.8. The number of fused-ring (bicyclic) bond motifs is 1. The van der Waals surface area contributed by atoms with Crippen LogP contribution < -0.4 is 0 Å². The van der Waals surface area contributed by atoms with Crippen molar-refractivity contribution in [1.29, 1.82) is 0 Å². The highest BCUT2D eigenvalue weighted by Gasteiger charge is 2.35. The normalized spacial score (nSPS) is 26.2. The smallest absolute Gasteiger partial charge is 0.347 e. The predicted molar refractivity (Wildman–Crippen MR) is 141 cm³/mol. The number of hydrogen-bond donors (Lipinski definition) is 0. The van der Waals surface area contributed by atoms with Crippen molar-refractivity contribution in [3.63, 3.8) is 0 Å². The summed E-state index contributed by atoms with van der Waals surface area (Å²) in [6.45, 7) is 3.89. The first kappa shape index (κ1) is 28.5. The Labute approximate surface area is 232 Å². The third-order valence-corrected chi connectivity index (χ3v) is 9.55. The summed E-state index contributed by atoms with van der Waals surface area (Å²) in [5.41, 5.74) is 0.190. The van der Waals surface area contributed by atoms with Crippen molar-refractivity contribution in [3.8, 4) is 0 Å². The Morgan fingerprint density at radius 3 is 2.21 bits per heavy atom. The number of halogens is 3. The molecule has 2 aromatic rings. The Morgan fingerprint density at radius 1 is 1.00 bits per heavy atom. The molecular formula is C28H39F3N4O3S. The van der Waals surface area contributed by atoms with Gasteiger partial charge >= 0.3 is 6.18 Å². The topological polar surface area (TPSA) is 69.5 Å². The number of rotatable bonds is 4. The van der Waals surface area contributed by atoms with Gasteiger partial charge in [-0.25, -0.2) is 4.98 Å². The molecule has 0 bridgehead atoms. The van der Waals surface area contributed by atoms with Gasteiger partial charge in [0.15, 0.2) is 5.69 Å². The molecular weight excluding hydrogens is 529 g/mol. The van der Waals surface area contributed by atoms with Crippen LogP contribution in [0.3, 0.4) is 0 Å². The lowest BCUT2D eigenvalue weighted by Crippen LogP contribution is -2.40. The highest BCUT2D eigenvalue weighted by atomic mass is 32.1. The summed E-state index contributed by atoms with van der Waals surface area (Å²) in [5.74, 6) is 1.13. The zero-order valence-electron chi connectivity index (χ0n) is 22.6. The molecule has 1 aliphatic carbocycles. The molecule has 0 aromatic carbocycles. The molecule has 4 heterocycles. The Kier molecular flexibility index (Phi) is 9.28. The molecule has 2 aromatic heterocycles. The number of aromatic nitrogens is 3. The van der Waals surface area contributed by atoms with Crippen LogP contribution in [0.15, 0.2) is 11.4 Å². The summed E-state index contributed by atoms with van der Waals surface area (Å²) < 4.78 is 52.5. The van der Waals surface area contributed by atoms with Crippen LogP contribution in [-0.4, -0.2) is 51.9 Å². The molecule has 2 atom stereocenters. The fourth-order valence-electron chi connectivity index (χ4n) is 6.08. The van der Waals surface area contributed by atoms with E-state index in [1.807, 2.05) is 5.38 Å². The minimum absolute atomic E-state index is 0.188. The number of aryl methyl sites for hydroxylation is 1. The fraction of sp³-hybridized carbons (Fsp3) is 0.750. The summed E-state index contributed by atoms with van der Waals surface area (Å²) in [7, 11) is 0. The number of ether oxygens (including phenoxy) is 2. The van der Waals surface area contributed by atoms with Crippen molar-refractivity contribution in [2.24, 2.45) is 11.8 Å². The third kappa shape index (κ3) is 7.21. The van der Waals surface area contributed by atoms with E-state index in [1.165, 1.54) is 58.3 Å². The van der Waals surface area contributed by atoms with Crippen LogP contribution in [-0.2, 0) is 27.0 Å². The van der Waals surface area contributed by atoms with Gasteiger partial charge in [0.25, 0.3) is 0 Å². The molecule has 39 heavy (non-hydrogen) atoms. The number of piperidine rings is 1. The van der Waals surface area contributed by atoms with Gasteiger partial charge in [0.05, 0.1) is 18.2 Å². The number of thiazole rings is 1. The van der Waals surface area contributed by atoms with Crippen molar-refractivity contribution >= 4 is 17.2 Å². The minimum Gasteiger partial charge on any atom is -0.347 e. The molecule has 2 saturated heterocycles. The lowest BCUT2D eigenvalue weighted by molar-refractivity contribution is -0.142. The van der Waals surface area contributed by atoms with E-state index >= 15 is 0 Å². The van der Waals surface area contributed by atoms with E-state index in [9.17, 15) is 18.0 Å². The van der Waals surface area contributed by atoms with E-state index in [2.05, 4.69) is 5.10 Å². The summed E-state index contributed by atoms with van der Waals surface area (Å²) in [6, 6.07) is 0.973. The second-order valence-corrected chi connectivity index (χ2v) is 12.2. The molecule has 5 rings (SSSR count). The highest BCUT2D eigenvalue weighted by molar-refractivity contribution is 7.09. The number of likely N-dealkylation sites (tertiary alicyclic amines) is 1. The van der Waals surface area contributed by atoms with Crippen LogP contribution in [0.1, 0.15) is 98.5 Å². The van der Waals surface area contributed by atoms with E-state index in [4.69, 9.17) is 14.5 Å². The maximum absolute atomic E-state index is 13.0. The number of carbonyl (C=O) groups is 1. The van der Waals surface area contributed by atoms with Gasteiger partial charge in [0.2, 0.25) is 12.2 Å². The molecule has 0 radical (unpaired) electrons. The van der Waals surface area contributed by atoms with E-state index in [-0.39, 0.29) is 18.4 Å². The molecule has 1 saturated carbocycles. The van der Waals surface area contributed by atoms with Gasteiger partial charge < -0.3 is 14.4 Å². The number of amides is 1. The fourth-order valence-corrected chi connectivity index (χ4v) is 7.07. The van der Waals surface area contributed by atoms with E-state index in [0.29, 0.717) is 30.6 Å². The molecule has 0 spiro atoms. The number of nitrogens with zero attached hydrogens (tertiary/aromatic N) is 4. The summed E-state index contributed by atoms with van der Waals surface area (Å²) in [5, 5.41) is 6.66. The van der Waals surface area contributed by atoms with Gasteiger partial charge in [-0.2, -0.15) is 18.3 Å². The van der Waals surface area contributed by atoms with E-state index in [0.717, 1.165) is 47.5 Å². The van der Waals surface area contributed by atoms with Gasteiger partial charge in [-0.05, 0) is 50.5 Å². The standard InChI is InChI=1S/C28H39F3N4O3S/c1-19-14-24(28(29,30)31)33-35(19)15-25(36)34-12-10-20(11-13-34)26-32-23(18-39-26)27-37-16-21-8-6-4-2-3-5-7-9-22(21)17-38-27/h14,18,20-22,27H,2-13,15-17H2,1H3. The van der Waals surface area contributed by atoms with Gasteiger partial charge in [-0.1, -0.05) is 38.5 Å². The summed E-state index contributed by atoms with van der Waals surface area (Å²) in [4.78, 5) is 19.4. The highest BCUT2D eigenvalue weighted by Crippen LogP contribution is 2.36. The molecule has 2 aliphatic heterocycles. The average Bonchev–Trinajstić information content (AvgIpc) is 3.50. The Bertz CT molecular complexity index is 1080. The molecule has 3 aliphatic rings.